The van der Waals surface area contributed by atoms with Crippen LogP contribution >= 0.6 is 0 Å². The van der Waals surface area contributed by atoms with E-state index in [1.165, 1.54) is 0 Å². The fourth-order valence-electron chi connectivity index (χ4n) is 0. The summed E-state index contributed by atoms with van der Waals surface area (Å²) in [5.41, 5.74) is 0. The molecule has 0 amide bonds. The van der Waals surface area contributed by atoms with E-state index in [0.717, 1.165) is 19.9 Å². The largest absolute Gasteiger partial charge is 0.481 e. The number of rotatable bonds is 0. The van der Waals surface area contributed by atoms with Crippen LogP contribution in [0.1, 0.15) is 13.8 Å². The molecule has 0 fully saturated rings. The Kier molecular flexibility index (Phi) is 28.5. The Morgan fingerprint density at radius 2 is 1.07 bits per heavy atom. The molecule has 3 N–H and O–H groups in total. The van der Waals surface area contributed by atoms with Crippen molar-refractivity contribution in [3.05, 3.63) is 0 Å². The number of nitriles is 1. The Bertz CT molecular complexity index is 201. The summed E-state index contributed by atoms with van der Waals surface area (Å²) in [6, 6.07) is 0.944. The van der Waals surface area contributed by atoms with E-state index in [1.54, 1.807) is 0 Å². The number of aliphatic carboxylic acids is 3. The summed E-state index contributed by atoms with van der Waals surface area (Å²) in [4.78, 5) is 27.0. The fourth-order valence-corrected chi connectivity index (χ4v) is 0. The van der Waals surface area contributed by atoms with E-state index < -0.39 is 17.9 Å². The topological polar surface area (TPSA) is 136 Å². The summed E-state index contributed by atoms with van der Waals surface area (Å²) in [7, 11) is 0. The molecule has 0 aromatic carbocycles. The van der Waals surface area contributed by atoms with Gasteiger partial charge in [0.1, 0.15) is 0 Å². The van der Waals surface area contributed by atoms with Crippen LogP contribution in [0.5, 0.6) is 0 Å². The predicted molar refractivity (Wildman–Crippen MR) is 39.9 cm³/mol. The van der Waals surface area contributed by atoms with Gasteiger partial charge in [-0.25, -0.2) is 4.79 Å². The van der Waals surface area contributed by atoms with Crippen LogP contribution in [-0.4, -0.2) is 33.2 Å². The van der Waals surface area contributed by atoms with Crippen molar-refractivity contribution in [1.82, 2.24) is 0 Å². The van der Waals surface area contributed by atoms with Crippen molar-refractivity contribution in [2.75, 3.05) is 0 Å². The van der Waals surface area contributed by atoms with Crippen molar-refractivity contribution < 1.29 is 46.8 Å². The van der Waals surface area contributed by atoms with E-state index in [9.17, 15) is 0 Å². The van der Waals surface area contributed by atoms with Crippen molar-refractivity contribution in [3.63, 3.8) is 0 Å². The molecule has 0 radical (unpaired) electrons. The van der Waals surface area contributed by atoms with E-state index in [-0.39, 0.29) is 17.1 Å². The summed E-state index contributed by atoms with van der Waals surface area (Å²) in [6.07, 6.45) is 0. The van der Waals surface area contributed by atoms with Crippen molar-refractivity contribution in [3.8, 4) is 6.07 Å². The Morgan fingerprint density at radius 3 is 1.07 bits per heavy atom. The van der Waals surface area contributed by atoms with E-state index in [4.69, 9.17) is 35.0 Å². The second-order valence-electron chi connectivity index (χ2n) is 1.45. The third kappa shape index (κ3) is 5250. The summed E-state index contributed by atoms with van der Waals surface area (Å²) >= 11 is 0. The summed E-state index contributed by atoms with van der Waals surface area (Å²) in [5.74, 6) is -3.11. The minimum absolute atomic E-state index is 0. The first-order valence-electron chi connectivity index (χ1n) is 2.76. The molecular formula is C6H9FeNO6. The first-order chi connectivity index (χ1) is 5.73. The molecule has 14 heavy (non-hydrogen) atoms. The molecule has 0 aromatic heterocycles. The van der Waals surface area contributed by atoms with Gasteiger partial charge in [0.05, 0.1) is 0 Å². The molecule has 82 valence electrons. The van der Waals surface area contributed by atoms with Gasteiger partial charge in [-0.3, -0.25) is 9.59 Å². The van der Waals surface area contributed by atoms with Crippen LogP contribution < -0.4 is 0 Å². The number of carboxylic acid groups (broad SMARTS) is 3. The Balaban J connectivity index is -0.0000000522. The van der Waals surface area contributed by atoms with Gasteiger partial charge < -0.3 is 15.3 Å². The Labute approximate surface area is 90.4 Å². The number of nitrogens with zero attached hydrogens (tertiary/aromatic N) is 1. The Hall–Kier alpha value is -1.58. The van der Waals surface area contributed by atoms with Gasteiger partial charge in [-0.15, -0.1) is 0 Å². The molecular weight excluding hydrogens is 238 g/mol. The first kappa shape index (κ1) is 22.8. The molecule has 0 aromatic rings. The normalized spacial score (nSPS) is 5.50. The molecule has 0 atom stereocenters. The van der Waals surface area contributed by atoms with Crippen molar-refractivity contribution in [2.24, 2.45) is 0 Å². The average molecular weight is 247 g/mol. The van der Waals surface area contributed by atoms with Crippen molar-refractivity contribution >= 4 is 17.9 Å². The van der Waals surface area contributed by atoms with Crippen LogP contribution in [0.15, 0.2) is 0 Å². The molecule has 0 bridgehead atoms. The minimum Gasteiger partial charge on any atom is -0.481 e. The van der Waals surface area contributed by atoms with Gasteiger partial charge in [-0.1, -0.05) is 0 Å². The van der Waals surface area contributed by atoms with Crippen LogP contribution in [0.3, 0.4) is 0 Å². The van der Waals surface area contributed by atoms with Crippen LogP contribution in [0, 0.1) is 11.3 Å². The second kappa shape index (κ2) is 17.5. The SMILES string of the molecule is CC(=O)O.CC(=O)O.N#CC(=O)O.[Fe]. The van der Waals surface area contributed by atoms with Gasteiger partial charge in [0, 0.05) is 30.9 Å². The van der Waals surface area contributed by atoms with Gasteiger partial charge in [-0.2, -0.15) is 5.26 Å². The molecule has 8 heteroatoms. The maximum atomic E-state index is 9.01. The first-order valence-corrected chi connectivity index (χ1v) is 2.76. The molecule has 0 unspecified atom stereocenters. The second-order valence-corrected chi connectivity index (χ2v) is 1.45. The molecule has 0 saturated carbocycles. The van der Waals surface area contributed by atoms with E-state index in [2.05, 4.69) is 0 Å². The quantitative estimate of drug-likeness (QED) is 0.305. The Morgan fingerprint density at radius 1 is 1.00 bits per heavy atom. The zero-order valence-electron chi connectivity index (χ0n) is 7.37. The van der Waals surface area contributed by atoms with Crippen LogP contribution in [0.2, 0.25) is 0 Å². The van der Waals surface area contributed by atoms with Crippen LogP contribution in [-0.2, 0) is 31.5 Å². The molecule has 0 spiro atoms. The van der Waals surface area contributed by atoms with Crippen LogP contribution in [0.4, 0.5) is 0 Å². The van der Waals surface area contributed by atoms with E-state index in [0.29, 0.717) is 0 Å². The number of carboxylic acids is 3. The van der Waals surface area contributed by atoms with Gasteiger partial charge >= 0.3 is 5.97 Å². The van der Waals surface area contributed by atoms with Gasteiger partial charge in [-0.05, 0) is 0 Å². The van der Waals surface area contributed by atoms with Crippen molar-refractivity contribution in [2.45, 2.75) is 13.8 Å². The van der Waals surface area contributed by atoms with Crippen molar-refractivity contribution in [1.29, 1.82) is 5.26 Å². The summed E-state index contributed by atoms with van der Waals surface area (Å²) < 4.78 is 0. The van der Waals surface area contributed by atoms with E-state index >= 15 is 0 Å². The van der Waals surface area contributed by atoms with Gasteiger partial charge in [0.2, 0.25) is 0 Å². The number of hydrogen-bond acceptors (Lipinski definition) is 4. The molecule has 0 heterocycles. The monoisotopic (exact) mass is 247 g/mol. The zero-order chi connectivity index (χ0) is 11.4. The molecule has 0 aliphatic carbocycles. The molecule has 7 nitrogen and oxygen atoms in total. The standard InChI is InChI=1S/C2HNO2.2C2H4O2.Fe/c3-1-2(4)5;2*1-2(3)4;/h(H,4,5);2*1H3,(H,3,4);. The average Bonchev–Trinajstić information content (AvgIpc) is 1.84. The summed E-state index contributed by atoms with van der Waals surface area (Å²) in [5, 5.41) is 29.5. The van der Waals surface area contributed by atoms with Crippen LogP contribution in [0.25, 0.3) is 0 Å². The van der Waals surface area contributed by atoms with Gasteiger partial charge in [0.15, 0.2) is 6.07 Å². The van der Waals surface area contributed by atoms with E-state index in [1.807, 2.05) is 0 Å². The minimum atomic E-state index is -1.44. The molecule has 0 rings (SSSR count). The molecule has 0 aliphatic heterocycles. The zero-order valence-corrected chi connectivity index (χ0v) is 8.47. The number of carbonyl (C=O) groups is 3. The third-order valence-electron chi connectivity index (χ3n) is 0.0956. The fraction of sp³-hybridized carbons (Fsp3) is 0.333. The third-order valence-corrected chi connectivity index (χ3v) is 0.0956. The predicted octanol–water partition coefficient (Wildman–Crippen LogP) is -0.226. The molecule has 0 aliphatic rings. The molecule has 0 saturated heterocycles. The van der Waals surface area contributed by atoms with Gasteiger partial charge in [0.25, 0.3) is 11.9 Å². The smallest absolute Gasteiger partial charge is 0.408 e. The maximum absolute atomic E-state index is 9.01. The number of hydrogen-bond donors (Lipinski definition) is 3. The summed E-state index contributed by atoms with van der Waals surface area (Å²) in [6.45, 7) is 2.17. The maximum Gasteiger partial charge on any atom is 0.408 e.